The first-order valence-electron chi connectivity index (χ1n) is 21.8. The number of aryl methyl sites for hydroxylation is 2. The van der Waals surface area contributed by atoms with Crippen molar-refractivity contribution >= 4 is 5.97 Å². The van der Waals surface area contributed by atoms with E-state index in [1.807, 2.05) is 0 Å². The number of aliphatic carboxylic acids is 1. The zero-order valence-electron chi connectivity index (χ0n) is 33.8. The maximum atomic E-state index is 10.3. The maximum absolute atomic E-state index is 10.3. The molecule has 0 aliphatic carbocycles. The number of benzene rings is 2. The Labute approximate surface area is 316 Å². The molecule has 0 spiro atoms. The fraction of sp³-hybridized carbons (Fsp3) is 0.688. The SMILES string of the molecule is CCCCCCCCC=CCCCCCCCC(=O)O.CCCCCCCCCc1ccccc1Oc1ccccc1CCCCCCCCC. The molecule has 0 saturated heterocycles. The van der Waals surface area contributed by atoms with Crippen LogP contribution in [0.25, 0.3) is 0 Å². The number of allylic oxidation sites excluding steroid dienone is 2. The monoisotopic (exact) mass is 705 g/mol. The molecule has 0 aliphatic rings. The topological polar surface area (TPSA) is 46.5 Å². The summed E-state index contributed by atoms with van der Waals surface area (Å²) < 4.78 is 6.46. The van der Waals surface area contributed by atoms with E-state index in [-0.39, 0.29) is 0 Å². The minimum atomic E-state index is -0.664. The van der Waals surface area contributed by atoms with Gasteiger partial charge in [-0.15, -0.1) is 0 Å². The summed E-state index contributed by atoms with van der Waals surface area (Å²) in [6.07, 6.45) is 42.3. The van der Waals surface area contributed by atoms with Gasteiger partial charge in [-0.1, -0.05) is 198 Å². The predicted molar refractivity (Wildman–Crippen MR) is 223 cm³/mol. The summed E-state index contributed by atoms with van der Waals surface area (Å²) in [4.78, 5) is 10.3. The van der Waals surface area contributed by atoms with Gasteiger partial charge in [0.2, 0.25) is 0 Å². The summed E-state index contributed by atoms with van der Waals surface area (Å²) in [6.45, 7) is 6.82. The van der Waals surface area contributed by atoms with Crippen LogP contribution in [0.4, 0.5) is 0 Å². The van der Waals surface area contributed by atoms with Gasteiger partial charge in [0.05, 0.1) is 0 Å². The van der Waals surface area contributed by atoms with Crippen molar-refractivity contribution in [3.63, 3.8) is 0 Å². The summed E-state index contributed by atoms with van der Waals surface area (Å²) in [6, 6.07) is 17.3. The molecular weight excluding hydrogens is 625 g/mol. The highest BCUT2D eigenvalue weighted by molar-refractivity contribution is 5.66. The van der Waals surface area contributed by atoms with Crippen LogP contribution >= 0.6 is 0 Å². The Morgan fingerprint density at radius 1 is 0.471 bits per heavy atom. The van der Waals surface area contributed by atoms with E-state index in [9.17, 15) is 4.79 Å². The molecule has 0 bridgehead atoms. The molecular formula is C48H80O3. The van der Waals surface area contributed by atoms with Crippen molar-refractivity contribution < 1.29 is 14.6 Å². The van der Waals surface area contributed by atoms with Crippen molar-refractivity contribution in [2.45, 2.75) is 213 Å². The molecule has 0 heterocycles. The van der Waals surface area contributed by atoms with Crippen LogP contribution in [0.5, 0.6) is 11.5 Å². The highest BCUT2D eigenvalue weighted by atomic mass is 16.5. The maximum Gasteiger partial charge on any atom is 0.303 e. The van der Waals surface area contributed by atoms with Crippen LogP contribution in [0.1, 0.15) is 212 Å². The molecule has 0 saturated carbocycles. The summed E-state index contributed by atoms with van der Waals surface area (Å²) in [5.41, 5.74) is 2.70. The number of para-hydroxylation sites is 2. The number of carboxylic acid groups (broad SMARTS) is 1. The van der Waals surface area contributed by atoms with Gasteiger partial charge in [0.1, 0.15) is 11.5 Å². The first kappa shape index (κ1) is 46.5. The second-order valence-electron chi connectivity index (χ2n) is 14.8. The predicted octanol–water partition coefficient (Wildman–Crippen LogP) is 16.2. The molecule has 3 heteroatoms. The van der Waals surface area contributed by atoms with E-state index in [0.717, 1.165) is 37.2 Å². The third kappa shape index (κ3) is 28.7. The van der Waals surface area contributed by atoms with Gasteiger partial charge in [0, 0.05) is 6.42 Å². The van der Waals surface area contributed by atoms with E-state index >= 15 is 0 Å². The largest absolute Gasteiger partial charge is 0.481 e. The Hall–Kier alpha value is -2.55. The van der Waals surface area contributed by atoms with Gasteiger partial charge < -0.3 is 9.84 Å². The molecule has 0 radical (unpaired) electrons. The number of carboxylic acids is 1. The minimum Gasteiger partial charge on any atom is -0.481 e. The summed E-state index contributed by atoms with van der Waals surface area (Å²) >= 11 is 0. The van der Waals surface area contributed by atoms with Crippen molar-refractivity contribution in [2.75, 3.05) is 0 Å². The number of carbonyl (C=O) groups is 1. The van der Waals surface area contributed by atoms with Gasteiger partial charge in [-0.05, 0) is 81.0 Å². The first-order valence-corrected chi connectivity index (χ1v) is 21.8. The van der Waals surface area contributed by atoms with E-state index in [4.69, 9.17) is 9.84 Å². The van der Waals surface area contributed by atoms with Crippen LogP contribution in [0.3, 0.4) is 0 Å². The Balaban J connectivity index is 0.000000564. The van der Waals surface area contributed by atoms with E-state index in [0.29, 0.717) is 6.42 Å². The van der Waals surface area contributed by atoms with E-state index in [1.54, 1.807) is 0 Å². The molecule has 0 fully saturated rings. The van der Waals surface area contributed by atoms with Gasteiger partial charge in [-0.2, -0.15) is 0 Å². The molecule has 2 aromatic carbocycles. The molecule has 3 nitrogen and oxygen atoms in total. The highest BCUT2D eigenvalue weighted by Gasteiger charge is 2.08. The molecule has 2 rings (SSSR count). The number of unbranched alkanes of at least 4 members (excludes halogenated alkanes) is 23. The van der Waals surface area contributed by atoms with Gasteiger partial charge in [0.15, 0.2) is 0 Å². The lowest BCUT2D eigenvalue weighted by Gasteiger charge is -2.14. The summed E-state index contributed by atoms with van der Waals surface area (Å²) in [7, 11) is 0. The molecule has 0 atom stereocenters. The second-order valence-corrected chi connectivity index (χ2v) is 14.8. The molecule has 290 valence electrons. The van der Waals surface area contributed by atoms with E-state index in [2.05, 4.69) is 81.5 Å². The highest BCUT2D eigenvalue weighted by Crippen LogP contribution is 2.30. The van der Waals surface area contributed by atoms with Crippen LogP contribution < -0.4 is 4.74 Å². The zero-order valence-corrected chi connectivity index (χ0v) is 33.8. The van der Waals surface area contributed by atoms with Crippen LogP contribution in [0.2, 0.25) is 0 Å². The van der Waals surface area contributed by atoms with Crippen LogP contribution in [0, 0.1) is 0 Å². The lowest BCUT2D eigenvalue weighted by molar-refractivity contribution is -0.137. The Morgan fingerprint density at radius 3 is 1.20 bits per heavy atom. The fourth-order valence-corrected chi connectivity index (χ4v) is 6.63. The van der Waals surface area contributed by atoms with Crippen LogP contribution in [0.15, 0.2) is 60.7 Å². The average molecular weight is 705 g/mol. The number of hydrogen-bond acceptors (Lipinski definition) is 2. The molecule has 0 aliphatic heterocycles. The molecule has 1 N–H and O–H groups in total. The first-order chi connectivity index (χ1) is 25.1. The minimum absolute atomic E-state index is 0.332. The van der Waals surface area contributed by atoms with E-state index < -0.39 is 5.97 Å². The van der Waals surface area contributed by atoms with Crippen molar-refractivity contribution in [3.05, 3.63) is 71.8 Å². The summed E-state index contributed by atoms with van der Waals surface area (Å²) in [5, 5.41) is 8.51. The summed E-state index contributed by atoms with van der Waals surface area (Å²) in [5.74, 6) is 1.42. The average Bonchev–Trinajstić information content (AvgIpc) is 3.14. The molecule has 0 aromatic heterocycles. The standard InChI is InChI=1S/C30H46O.C18H34O2/c1-3-5-7-9-11-13-15-21-27-23-17-19-25-29(27)31-30-26-20-18-24-28(30)22-16-14-12-10-8-6-4-2;1-2-3-4-5-6-7-8-9-10-11-12-13-14-15-16-17-18(19)20/h17-20,23-26H,3-16,21-22H2,1-2H3;9-10H,2-8,11-17H2,1H3,(H,19,20). The van der Waals surface area contributed by atoms with E-state index in [1.165, 1.54) is 172 Å². The van der Waals surface area contributed by atoms with Crippen molar-refractivity contribution in [3.8, 4) is 11.5 Å². The quantitative estimate of drug-likeness (QED) is 0.0594. The van der Waals surface area contributed by atoms with Gasteiger partial charge in [0.25, 0.3) is 0 Å². The number of hydrogen-bond donors (Lipinski definition) is 1. The van der Waals surface area contributed by atoms with Crippen molar-refractivity contribution in [1.82, 2.24) is 0 Å². The van der Waals surface area contributed by atoms with Crippen LogP contribution in [-0.2, 0) is 17.6 Å². The Bertz CT molecular complexity index is 1010. The molecule has 2 aromatic rings. The normalized spacial score (nSPS) is 11.1. The third-order valence-corrected chi connectivity index (χ3v) is 9.92. The van der Waals surface area contributed by atoms with Crippen LogP contribution in [-0.4, -0.2) is 11.1 Å². The van der Waals surface area contributed by atoms with Gasteiger partial charge in [-0.3, -0.25) is 4.79 Å². The molecule has 0 amide bonds. The lowest BCUT2D eigenvalue weighted by Crippen LogP contribution is -1.96. The Kier molecular flexibility index (Phi) is 32.7. The Morgan fingerprint density at radius 2 is 0.804 bits per heavy atom. The van der Waals surface area contributed by atoms with Crippen molar-refractivity contribution in [2.24, 2.45) is 0 Å². The zero-order chi connectivity index (χ0) is 36.9. The third-order valence-electron chi connectivity index (χ3n) is 9.92. The number of ether oxygens (including phenoxy) is 1. The fourth-order valence-electron chi connectivity index (χ4n) is 6.63. The second kappa shape index (κ2) is 35.8. The number of rotatable bonds is 33. The molecule has 0 unspecified atom stereocenters. The molecule has 51 heavy (non-hydrogen) atoms. The van der Waals surface area contributed by atoms with Crippen molar-refractivity contribution in [1.29, 1.82) is 0 Å². The smallest absolute Gasteiger partial charge is 0.303 e. The van der Waals surface area contributed by atoms with Gasteiger partial charge >= 0.3 is 5.97 Å². The van der Waals surface area contributed by atoms with Gasteiger partial charge in [-0.25, -0.2) is 0 Å². The lowest BCUT2D eigenvalue weighted by atomic mass is 10.0.